The lowest BCUT2D eigenvalue weighted by molar-refractivity contribution is 0.0729. The second-order valence-electron chi connectivity index (χ2n) is 7.69. The third-order valence-corrected chi connectivity index (χ3v) is 5.56. The lowest BCUT2D eigenvalue weighted by Gasteiger charge is -2.32. The minimum Gasteiger partial charge on any atom is -0.496 e. The van der Waals surface area contributed by atoms with Crippen LogP contribution in [0, 0.1) is 0 Å². The molecular formula is C30H27NO2. The maximum atomic E-state index is 13.8. The van der Waals surface area contributed by atoms with Crippen LogP contribution in [0.1, 0.15) is 33.1 Å². The van der Waals surface area contributed by atoms with Gasteiger partial charge in [0, 0.05) is 17.7 Å². The number of rotatable bonds is 8. The average Bonchev–Trinajstić information content (AvgIpc) is 2.89. The maximum Gasteiger partial charge on any atom is 0.254 e. The van der Waals surface area contributed by atoms with E-state index in [0.29, 0.717) is 12.1 Å². The predicted octanol–water partition coefficient (Wildman–Crippen LogP) is 6.64. The zero-order valence-electron chi connectivity index (χ0n) is 18.7. The Bertz CT molecular complexity index is 1150. The van der Waals surface area contributed by atoms with Crippen molar-refractivity contribution < 1.29 is 9.53 Å². The Labute approximate surface area is 195 Å². The highest BCUT2D eigenvalue weighted by Crippen LogP contribution is 2.30. The molecule has 3 nitrogen and oxygen atoms in total. The van der Waals surface area contributed by atoms with Gasteiger partial charge in [-0.25, -0.2) is 0 Å². The van der Waals surface area contributed by atoms with Gasteiger partial charge in [-0.15, -0.1) is 0 Å². The van der Waals surface area contributed by atoms with Crippen LogP contribution in [0.3, 0.4) is 0 Å². The SMILES string of the molecule is COc1ccccc1/C=C/CN(C(=O)c1ccccc1)C(c1ccccc1)c1ccccc1. The first-order chi connectivity index (χ1) is 16.3. The predicted molar refractivity (Wildman–Crippen MR) is 134 cm³/mol. The van der Waals surface area contributed by atoms with Gasteiger partial charge in [0.15, 0.2) is 0 Å². The molecule has 0 fully saturated rings. The number of nitrogens with zero attached hydrogens (tertiary/aromatic N) is 1. The minimum atomic E-state index is -0.220. The molecule has 0 heterocycles. The van der Waals surface area contributed by atoms with E-state index in [9.17, 15) is 4.79 Å². The van der Waals surface area contributed by atoms with Crippen LogP contribution in [0.2, 0.25) is 0 Å². The first-order valence-electron chi connectivity index (χ1n) is 11.0. The molecule has 0 aliphatic heterocycles. The van der Waals surface area contributed by atoms with E-state index in [2.05, 4.69) is 24.3 Å². The first-order valence-corrected chi connectivity index (χ1v) is 11.0. The number of carbonyl (C=O) groups is 1. The Morgan fingerprint density at radius 3 is 1.85 bits per heavy atom. The number of methoxy groups -OCH3 is 1. The number of carbonyl (C=O) groups excluding carboxylic acids is 1. The van der Waals surface area contributed by atoms with E-state index in [0.717, 1.165) is 22.4 Å². The summed E-state index contributed by atoms with van der Waals surface area (Å²) in [6.45, 7) is 0.445. The van der Waals surface area contributed by atoms with Gasteiger partial charge < -0.3 is 9.64 Å². The molecule has 0 saturated carbocycles. The topological polar surface area (TPSA) is 29.5 Å². The normalized spacial score (nSPS) is 11.0. The van der Waals surface area contributed by atoms with Gasteiger partial charge in [0.25, 0.3) is 5.91 Å². The maximum absolute atomic E-state index is 13.8. The Kier molecular flexibility index (Phi) is 7.34. The molecule has 0 N–H and O–H groups in total. The highest BCUT2D eigenvalue weighted by Gasteiger charge is 2.26. The largest absolute Gasteiger partial charge is 0.496 e. The molecule has 0 bridgehead atoms. The van der Waals surface area contributed by atoms with Crippen LogP contribution in [0.4, 0.5) is 0 Å². The average molecular weight is 434 g/mol. The van der Waals surface area contributed by atoms with Gasteiger partial charge in [0.2, 0.25) is 0 Å². The second kappa shape index (κ2) is 11.0. The molecule has 0 unspecified atom stereocenters. The van der Waals surface area contributed by atoms with Crippen molar-refractivity contribution in [3.8, 4) is 5.75 Å². The summed E-state index contributed by atoms with van der Waals surface area (Å²) in [6, 6.07) is 37.5. The Morgan fingerprint density at radius 1 is 0.758 bits per heavy atom. The smallest absolute Gasteiger partial charge is 0.254 e. The van der Waals surface area contributed by atoms with E-state index in [1.165, 1.54) is 0 Å². The molecule has 0 aliphatic carbocycles. The zero-order valence-corrected chi connectivity index (χ0v) is 18.7. The zero-order chi connectivity index (χ0) is 22.9. The molecule has 0 spiro atoms. The van der Waals surface area contributed by atoms with Gasteiger partial charge in [-0.1, -0.05) is 109 Å². The highest BCUT2D eigenvalue weighted by molar-refractivity contribution is 5.95. The van der Waals surface area contributed by atoms with Crippen LogP contribution in [-0.2, 0) is 0 Å². The standard InChI is InChI=1S/C30H27NO2/c1-33-28-22-12-11-14-24(28)21-13-23-31(30(32)27-19-9-4-10-20-27)29(25-15-5-2-6-16-25)26-17-7-3-8-18-26/h2-22,29H,23H2,1H3/b21-13+. The number of hydrogen-bond acceptors (Lipinski definition) is 2. The van der Waals surface area contributed by atoms with Crippen LogP contribution < -0.4 is 4.74 Å². The molecule has 4 aromatic carbocycles. The summed E-state index contributed by atoms with van der Waals surface area (Å²) in [7, 11) is 1.67. The van der Waals surface area contributed by atoms with Crippen molar-refractivity contribution in [1.29, 1.82) is 0 Å². The lowest BCUT2D eigenvalue weighted by Crippen LogP contribution is -2.35. The molecule has 4 rings (SSSR count). The summed E-state index contributed by atoms with van der Waals surface area (Å²) >= 11 is 0. The summed E-state index contributed by atoms with van der Waals surface area (Å²) in [6.07, 6.45) is 4.04. The molecule has 164 valence electrons. The summed E-state index contributed by atoms with van der Waals surface area (Å²) < 4.78 is 5.47. The summed E-state index contributed by atoms with van der Waals surface area (Å²) in [5.74, 6) is 0.787. The van der Waals surface area contributed by atoms with E-state index in [1.807, 2.05) is 108 Å². The van der Waals surface area contributed by atoms with Crippen molar-refractivity contribution in [1.82, 2.24) is 4.90 Å². The van der Waals surface area contributed by atoms with Crippen LogP contribution in [-0.4, -0.2) is 24.5 Å². The van der Waals surface area contributed by atoms with Gasteiger partial charge in [0.05, 0.1) is 13.2 Å². The quantitative estimate of drug-likeness (QED) is 0.312. The molecule has 0 saturated heterocycles. The number of amides is 1. The van der Waals surface area contributed by atoms with Crippen LogP contribution in [0.25, 0.3) is 6.08 Å². The molecule has 4 aromatic rings. The molecular weight excluding hydrogens is 406 g/mol. The fourth-order valence-electron chi connectivity index (χ4n) is 3.97. The van der Waals surface area contributed by atoms with Crippen LogP contribution in [0.15, 0.2) is 121 Å². The molecule has 3 heteroatoms. The first kappa shape index (κ1) is 22.1. The van der Waals surface area contributed by atoms with Gasteiger partial charge in [-0.3, -0.25) is 4.79 Å². The van der Waals surface area contributed by atoms with Crippen LogP contribution >= 0.6 is 0 Å². The Balaban J connectivity index is 1.75. The summed E-state index contributed by atoms with van der Waals surface area (Å²) in [5.41, 5.74) is 3.78. The second-order valence-corrected chi connectivity index (χ2v) is 7.69. The Morgan fingerprint density at radius 2 is 1.27 bits per heavy atom. The summed E-state index contributed by atoms with van der Waals surface area (Å²) in [5, 5.41) is 0. The van der Waals surface area contributed by atoms with Gasteiger partial charge in [0.1, 0.15) is 5.75 Å². The number of ether oxygens (including phenoxy) is 1. The van der Waals surface area contributed by atoms with Crippen molar-refractivity contribution in [3.63, 3.8) is 0 Å². The van der Waals surface area contributed by atoms with E-state index < -0.39 is 0 Å². The molecule has 0 aliphatic rings. The van der Waals surface area contributed by atoms with Crippen molar-refractivity contribution in [3.05, 3.63) is 144 Å². The van der Waals surface area contributed by atoms with E-state index in [4.69, 9.17) is 4.74 Å². The van der Waals surface area contributed by atoms with E-state index in [1.54, 1.807) is 7.11 Å². The molecule has 33 heavy (non-hydrogen) atoms. The van der Waals surface area contributed by atoms with Crippen molar-refractivity contribution in [2.75, 3.05) is 13.7 Å². The van der Waals surface area contributed by atoms with Crippen molar-refractivity contribution in [2.45, 2.75) is 6.04 Å². The van der Waals surface area contributed by atoms with Crippen LogP contribution in [0.5, 0.6) is 5.75 Å². The highest BCUT2D eigenvalue weighted by atomic mass is 16.5. The lowest BCUT2D eigenvalue weighted by atomic mass is 9.96. The fourth-order valence-corrected chi connectivity index (χ4v) is 3.97. The summed E-state index contributed by atoms with van der Waals surface area (Å²) in [4.78, 5) is 15.7. The molecule has 0 radical (unpaired) electrons. The monoisotopic (exact) mass is 433 g/mol. The third-order valence-electron chi connectivity index (χ3n) is 5.56. The minimum absolute atomic E-state index is 0.0158. The van der Waals surface area contributed by atoms with Gasteiger partial charge in [-0.05, 0) is 29.3 Å². The van der Waals surface area contributed by atoms with Crippen molar-refractivity contribution >= 4 is 12.0 Å². The molecule has 0 atom stereocenters. The van der Waals surface area contributed by atoms with Crippen molar-refractivity contribution in [2.24, 2.45) is 0 Å². The fraction of sp³-hybridized carbons (Fsp3) is 0.100. The number of para-hydroxylation sites is 1. The van der Waals surface area contributed by atoms with E-state index >= 15 is 0 Å². The number of hydrogen-bond donors (Lipinski definition) is 0. The Hall–Kier alpha value is -4.11. The molecule has 1 amide bonds. The van der Waals surface area contributed by atoms with Gasteiger partial charge in [-0.2, -0.15) is 0 Å². The third kappa shape index (κ3) is 5.39. The van der Waals surface area contributed by atoms with Gasteiger partial charge >= 0.3 is 0 Å². The van der Waals surface area contributed by atoms with E-state index in [-0.39, 0.29) is 11.9 Å². The number of benzene rings is 4. The molecule has 0 aromatic heterocycles.